The maximum absolute atomic E-state index is 12.0. The van der Waals surface area contributed by atoms with E-state index in [0.29, 0.717) is 10.2 Å². The van der Waals surface area contributed by atoms with E-state index in [1.165, 1.54) is 23.5 Å². The monoisotopic (exact) mass is 359 g/mol. The number of nitrogens with one attached hydrogen (secondary N) is 2. The molecular weight excluding hydrogens is 346 g/mol. The Morgan fingerprint density at radius 2 is 2.18 bits per heavy atom. The number of benzene rings is 1. The second-order valence-corrected chi connectivity index (χ2v) is 7.87. The van der Waals surface area contributed by atoms with Gasteiger partial charge in [-0.25, -0.2) is 18.1 Å². The lowest BCUT2D eigenvalue weighted by Crippen LogP contribution is -2.27. The number of aromatic nitrogens is 1. The number of halogens is 1. The average molecular weight is 360 g/mol. The van der Waals surface area contributed by atoms with Crippen LogP contribution in [0.2, 0.25) is 5.02 Å². The Hall–Kier alpha value is -1.48. The molecule has 0 aliphatic heterocycles. The van der Waals surface area contributed by atoms with Gasteiger partial charge in [-0.1, -0.05) is 17.7 Å². The van der Waals surface area contributed by atoms with E-state index in [-0.39, 0.29) is 23.8 Å². The molecule has 0 unspecified atom stereocenters. The standard InChI is InChI=1S/C13H14ClN3O3S2/c1-9-8-15-13(21-9)17-12(18)5-6-16-22(19,20)11-4-2-3-10(14)7-11/h2-4,7-8,16H,5-6H2,1H3,(H,15,17,18). The van der Waals surface area contributed by atoms with Crippen LogP contribution in [0.3, 0.4) is 0 Å². The van der Waals surface area contributed by atoms with E-state index < -0.39 is 10.0 Å². The van der Waals surface area contributed by atoms with Gasteiger partial charge >= 0.3 is 0 Å². The zero-order chi connectivity index (χ0) is 16.2. The lowest BCUT2D eigenvalue weighted by atomic mass is 10.4. The third kappa shape index (κ3) is 4.77. The van der Waals surface area contributed by atoms with Gasteiger partial charge in [-0.15, -0.1) is 11.3 Å². The number of sulfonamides is 1. The molecule has 0 atom stereocenters. The molecule has 2 aromatic rings. The molecule has 2 N–H and O–H groups in total. The molecule has 1 amide bonds. The summed E-state index contributed by atoms with van der Waals surface area (Å²) < 4.78 is 26.4. The van der Waals surface area contributed by atoms with Gasteiger partial charge in [0.25, 0.3) is 0 Å². The van der Waals surface area contributed by atoms with Crippen LogP contribution in [0.1, 0.15) is 11.3 Å². The van der Waals surface area contributed by atoms with Crippen LogP contribution in [0, 0.1) is 6.92 Å². The van der Waals surface area contributed by atoms with E-state index in [9.17, 15) is 13.2 Å². The number of thiazole rings is 1. The van der Waals surface area contributed by atoms with Gasteiger partial charge in [-0.05, 0) is 25.1 Å². The van der Waals surface area contributed by atoms with Crippen molar-refractivity contribution in [2.24, 2.45) is 0 Å². The summed E-state index contributed by atoms with van der Waals surface area (Å²) in [6, 6.07) is 5.92. The van der Waals surface area contributed by atoms with Crippen LogP contribution in [-0.4, -0.2) is 25.9 Å². The molecule has 22 heavy (non-hydrogen) atoms. The Morgan fingerprint density at radius 1 is 1.41 bits per heavy atom. The topological polar surface area (TPSA) is 88.2 Å². The lowest BCUT2D eigenvalue weighted by molar-refractivity contribution is -0.116. The van der Waals surface area contributed by atoms with Crippen molar-refractivity contribution in [3.63, 3.8) is 0 Å². The first kappa shape index (κ1) is 16.9. The molecule has 0 aliphatic carbocycles. The second-order valence-electron chi connectivity index (χ2n) is 4.43. The minimum atomic E-state index is -3.67. The zero-order valence-corrected chi connectivity index (χ0v) is 14.1. The fourth-order valence-electron chi connectivity index (χ4n) is 1.61. The first-order valence-corrected chi connectivity index (χ1v) is 9.02. The largest absolute Gasteiger partial charge is 0.302 e. The van der Waals surface area contributed by atoms with Crippen molar-refractivity contribution >= 4 is 44.0 Å². The molecule has 0 aliphatic rings. The third-order valence-corrected chi connectivity index (χ3v) is 5.14. The molecule has 0 fully saturated rings. The van der Waals surface area contributed by atoms with Crippen LogP contribution in [-0.2, 0) is 14.8 Å². The molecule has 1 heterocycles. The molecular formula is C13H14ClN3O3S2. The Bertz CT molecular complexity index is 774. The summed E-state index contributed by atoms with van der Waals surface area (Å²) in [6.07, 6.45) is 1.67. The molecule has 1 aromatic heterocycles. The van der Waals surface area contributed by atoms with Crippen molar-refractivity contribution in [3.8, 4) is 0 Å². The molecule has 0 radical (unpaired) electrons. The number of carbonyl (C=O) groups excluding carboxylic acids is 1. The third-order valence-electron chi connectivity index (χ3n) is 2.62. The van der Waals surface area contributed by atoms with Crippen LogP contribution in [0.4, 0.5) is 5.13 Å². The predicted molar refractivity (Wildman–Crippen MR) is 86.7 cm³/mol. The molecule has 1 aromatic carbocycles. The first-order valence-electron chi connectivity index (χ1n) is 6.34. The van der Waals surface area contributed by atoms with E-state index in [0.717, 1.165) is 4.88 Å². The number of hydrogen-bond donors (Lipinski definition) is 2. The second kappa shape index (κ2) is 7.19. The summed E-state index contributed by atoms with van der Waals surface area (Å²) in [5.41, 5.74) is 0. The molecule has 0 saturated heterocycles. The van der Waals surface area contributed by atoms with Gasteiger partial charge in [0.05, 0.1) is 4.90 Å². The fraction of sp³-hybridized carbons (Fsp3) is 0.231. The van der Waals surface area contributed by atoms with Crippen molar-refractivity contribution < 1.29 is 13.2 Å². The summed E-state index contributed by atoms with van der Waals surface area (Å²) in [4.78, 5) is 16.7. The van der Waals surface area contributed by atoms with Crippen molar-refractivity contribution in [1.82, 2.24) is 9.71 Å². The van der Waals surface area contributed by atoms with Crippen LogP contribution in [0.15, 0.2) is 35.4 Å². The molecule has 118 valence electrons. The van der Waals surface area contributed by atoms with Crippen LogP contribution < -0.4 is 10.0 Å². The highest BCUT2D eigenvalue weighted by molar-refractivity contribution is 7.89. The summed E-state index contributed by atoms with van der Waals surface area (Å²) in [5.74, 6) is -0.303. The number of nitrogens with zero attached hydrogens (tertiary/aromatic N) is 1. The number of carbonyl (C=O) groups is 1. The maximum atomic E-state index is 12.0. The SMILES string of the molecule is Cc1cnc(NC(=O)CCNS(=O)(=O)c2cccc(Cl)c2)s1. The number of anilines is 1. The van der Waals surface area contributed by atoms with Crippen LogP contribution >= 0.6 is 22.9 Å². The van der Waals surface area contributed by atoms with E-state index in [4.69, 9.17) is 11.6 Å². The molecule has 0 saturated carbocycles. The summed E-state index contributed by atoms with van der Waals surface area (Å²) in [6.45, 7) is 1.87. The van der Waals surface area contributed by atoms with Gasteiger partial charge < -0.3 is 5.32 Å². The lowest BCUT2D eigenvalue weighted by Gasteiger charge is -2.07. The molecule has 6 nitrogen and oxygen atoms in total. The minimum absolute atomic E-state index is 0.00889. The Kier molecular flexibility index (Phi) is 5.52. The zero-order valence-electron chi connectivity index (χ0n) is 11.7. The molecule has 0 spiro atoms. The Morgan fingerprint density at radius 3 is 2.82 bits per heavy atom. The highest BCUT2D eigenvalue weighted by Gasteiger charge is 2.14. The Labute approximate surface area is 137 Å². The quantitative estimate of drug-likeness (QED) is 0.829. The summed E-state index contributed by atoms with van der Waals surface area (Å²) >= 11 is 7.12. The van der Waals surface area contributed by atoms with Gasteiger partial charge in [-0.2, -0.15) is 0 Å². The molecule has 2 rings (SSSR count). The van der Waals surface area contributed by atoms with Crippen LogP contribution in [0.5, 0.6) is 0 Å². The van der Waals surface area contributed by atoms with E-state index in [1.807, 2.05) is 6.92 Å². The Balaban J connectivity index is 1.86. The maximum Gasteiger partial charge on any atom is 0.240 e. The molecule has 0 bridgehead atoms. The normalized spacial score (nSPS) is 11.4. The van der Waals surface area contributed by atoms with Gasteiger partial charge in [0.1, 0.15) is 0 Å². The number of rotatable bonds is 6. The van der Waals surface area contributed by atoms with Gasteiger partial charge in [-0.3, -0.25) is 4.79 Å². The summed E-state index contributed by atoms with van der Waals surface area (Å²) in [7, 11) is -3.67. The van der Waals surface area contributed by atoms with Crippen molar-refractivity contribution in [2.45, 2.75) is 18.2 Å². The van der Waals surface area contributed by atoms with Crippen molar-refractivity contribution in [2.75, 3.05) is 11.9 Å². The number of aryl methyl sites for hydroxylation is 1. The van der Waals surface area contributed by atoms with E-state index in [1.54, 1.807) is 18.3 Å². The van der Waals surface area contributed by atoms with E-state index in [2.05, 4.69) is 15.0 Å². The predicted octanol–water partition coefficient (Wildman–Crippen LogP) is 2.41. The average Bonchev–Trinajstić information content (AvgIpc) is 2.84. The number of hydrogen-bond acceptors (Lipinski definition) is 5. The first-order chi connectivity index (χ1) is 10.4. The van der Waals surface area contributed by atoms with Crippen molar-refractivity contribution in [3.05, 3.63) is 40.4 Å². The van der Waals surface area contributed by atoms with E-state index >= 15 is 0 Å². The number of amides is 1. The van der Waals surface area contributed by atoms with Gasteiger partial charge in [0.15, 0.2) is 5.13 Å². The smallest absolute Gasteiger partial charge is 0.240 e. The van der Waals surface area contributed by atoms with Crippen molar-refractivity contribution in [1.29, 1.82) is 0 Å². The van der Waals surface area contributed by atoms with Gasteiger partial charge in [0.2, 0.25) is 15.9 Å². The van der Waals surface area contributed by atoms with Gasteiger partial charge in [0, 0.05) is 29.1 Å². The minimum Gasteiger partial charge on any atom is -0.302 e. The fourth-order valence-corrected chi connectivity index (χ4v) is 3.62. The van der Waals surface area contributed by atoms with Crippen LogP contribution in [0.25, 0.3) is 0 Å². The summed E-state index contributed by atoms with van der Waals surface area (Å²) in [5, 5.41) is 3.44. The molecule has 9 heteroatoms. The highest BCUT2D eigenvalue weighted by atomic mass is 35.5. The highest BCUT2D eigenvalue weighted by Crippen LogP contribution is 2.17.